The highest BCUT2D eigenvalue weighted by Crippen LogP contribution is 2.26. The molecular weight excluding hydrogens is 302 g/mol. The van der Waals surface area contributed by atoms with E-state index in [1.54, 1.807) is 24.3 Å². The second-order valence-electron chi connectivity index (χ2n) is 4.91. The summed E-state index contributed by atoms with van der Waals surface area (Å²) in [5.41, 5.74) is 1.41. The molecule has 0 aliphatic rings. The SMILES string of the molecule is Cc1ccccc1/C=C(\c1ccccc1S(C)(=O)=O)[N+](=O)[O-]. The Morgan fingerprint density at radius 2 is 1.68 bits per heavy atom. The second-order valence-corrected chi connectivity index (χ2v) is 6.90. The maximum atomic E-state index is 11.9. The molecule has 0 atom stereocenters. The van der Waals surface area contributed by atoms with E-state index in [-0.39, 0.29) is 16.2 Å². The number of hydrogen-bond donors (Lipinski definition) is 0. The average Bonchev–Trinajstić information content (AvgIpc) is 2.45. The van der Waals surface area contributed by atoms with Crippen LogP contribution in [0.25, 0.3) is 11.8 Å². The fraction of sp³-hybridized carbons (Fsp3) is 0.125. The van der Waals surface area contributed by atoms with Crippen molar-refractivity contribution in [3.05, 3.63) is 75.3 Å². The van der Waals surface area contributed by atoms with Gasteiger partial charge in [0.15, 0.2) is 9.84 Å². The summed E-state index contributed by atoms with van der Waals surface area (Å²) in [6.45, 7) is 1.84. The zero-order valence-corrected chi connectivity index (χ0v) is 13.0. The first-order valence-electron chi connectivity index (χ1n) is 6.52. The minimum absolute atomic E-state index is 0.0495. The molecule has 0 heterocycles. The average molecular weight is 317 g/mol. The standard InChI is InChI=1S/C16H15NO4S/c1-12-7-3-4-8-13(12)11-15(17(18)19)14-9-5-6-10-16(14)22(2,20)21/h3-11H,1-2H3/b15-11+. The maximum absolute atomic E-state index is 11.9. The lowest BCUT2D eigenvalue weighted by molar-refractivity contribution is -0.374. The van der Waals surface area contributed by atoms with Crippen LogP contribution in [0.4, 0.5) is 0 Å². The van der Waals surface area contributed by atoms with E-state index < -0.39 is 14.8 Å². The summed E-state index contributed by atoms with van der Waals surface area (Å²) < 4.78 is 23.7. The van der Waals surface area contributed by atoms with Gasteiger partial charge in [0.1, 0.15) is 0 Å². The molecular formula is C16H15NO4S. The summed E-state index contributed by atoms with van der Waals surface area (Å²) in [5, 5.41) is 11.4. The second kappa shape index (κ2) is 6.11. The lowest BCUT2D eigenvalue weighted by Crippen LogP contribution is -2.06. The van der Waals surface area contributed by atoms with Crippen molar-refractivity contribution in [1.29, 1.82) is 0 Å². The molecule has 2 aromatic rings. The summed E-state index contributed by atoms with van der Waals surface area (Å²) in [5.74, 6) is 0. The third kappa shape index (κ3) is 3.40. The summed E-state index contributed by atoms with van der Waals surface area (Å²) in [7, 11) is -3.56. The van der Waals surface area contributed by atoms with Gasteiger partial charge in [-0.15, -0.1) is 0 Å². The Labute approximate surface area is 129 Å². The van der Waals surface area contributed by atoms with Gasteiger partial charge < -0.3 is 0 Å². The number of hydrogen-bond acceptors (Lipinski definition) is 4. The Bertz CT molecular complexity index is 854. The fourth-order valence-corrected chi connectivity index (χ4v) is 3.02. The minimum Gasteiger partial charge on any atom is -0.258 e. The molecule has 0 saturated carbocycles. The molecule has 0 fully saturated rings. The van der Waals surface area contributed by atoms with Crippen LogP contribution in [0, 0.1) is 17.0 Å². The van der Waals surface area contributed by atoms with Crippen molar-refractivity contribution in [1.82, 2.24) is 0 Å². The summed E-state index contributed by atoms with van der Waals surface area (Å²) in [6, 6.07) is 13.2. The molecule has 0 bridgehead atoms. The van der Waals surface area contributed by atoms with E-state index in [1.165, 1.54) is 18.2 Å². The first-order chi connectivity index (χ1) is 10.3. The van der Waals surface area contributed by atoms with Gasteiger partial charge in [-0.3, -0.25) is 10.1 Å². The lowest BCUT2D eigenvalue weighted by Gasteiger charge is -2.06. The molecule has 5 nitrogen and oxygen atoms in total. The highest BCUT2D eigenvalue weighted by molar-refractivity contribution is 7.90. The van der Waals surface area contributed by atoms with Crippen LogP contribution in [0.2, 0.25) is 0 Å². The summed E-state index contributed by atoms with van der Waals surface area (Å²) in [4.78, 5) is 10.8. The molecule has 114 valence electrons. The Balaban J connectivity index is 2.71. The summed E-state index contributed by atoms with van der Waals surface area (Å²) in [6.07, 6.45) is 2.44. The van der Waals surface area contributed by atoms with E-state index in [0.29, 0.717) is 5.56 Å². The van der Waals surface area contributed by atoms with Gasteiger partial charge in [-0.05, 0) is 30.2 Å². The minimum atomic E-state index is -3.56. The van der Waals surface area contributed by atoms with Crippen molar-refractivity contribution in [2.45, 2.75) is 11.8 Å². The molecule has 0 aliphatic heterocycles. The van der Waals surface area contributed by atoms with Gasteiger partial charge in [-0.25, -0.2) is 8.42 Å². The predicted molar refractivity (Wildman–Crippen MR) is 85.6 cm³/mol. The number of nitrogens with zero attached hydrogens (tertiary/aromatic N) is 1. The van der Waals surface area contributed by atoms with Crippen molar-refractivity contribution in [2.24, 2.45) is 0 Å². The third-order valence-electron chi connectivity index (χ3n) is 3.24. The van der Waals surface area contributed by atoms with Crippen LogP contribution >= 0.6 is 0 Å². The van der Waals surface area contributed by atoms with E-state index in [9.17, 15) is 18.5 Å². The van der Waals surface area contributed by atoms with Crippen molar-refractivity contribution >= 4 is 21.6 Å². The molecule has 0 unspecified atom stereocenters. The largest absolute Gasteiger partial charge is 0.278 e. The molecule has 0 amide bonds. The number of rotatable bonds is 4. The van der Waals surface area contributed by atoms with Crippen LogP contribution < -0.4 is 0 Å². The zero-order chi connectivity index (χ0) is 16.3. The van der Waals surface area contributed by atoms with Gasteiger partial charge in [0.05, 0.1) is 15.4 Å². The molecule has 2 rings (SSSR count). The van der Waals surface area contributed by atoms with Gasteiger partial charge in [0, 0.05) is 12.3 Å². The summed E-state index contributed by atoms with van der Waals surface area (Å²) >= 11 is 0. The van der Waals surface area contributed by atoms with Gasteiger partial charge >= 0.3 is 0 Å². The van der Waals surface area contributed by atoms with Gasteiger partial charge in [0.2, 0.25) is 0 Å². The Hall–Kier alpha value is -2.47. The number of benzene rings is 2. The van der Waals surface area contributed by atoms with Crippen LogP contribution in [0.5, 0.6) is 0 Å². The van der Waals surface area contributed by atoms with Gasteiger partial charge in [-0.1, -0.05) is 36.4 Å². The van der Waals surface area contributed by atoms with Crippen molar-refractivity contribution in [2.75, 3.05) is 6.26 Å². The number of nitro groups is 1. The van der Waals surface area contributed by atoms with Crippen LogP contribution in [0.15, 0.2) is 53.4 Å². The predicted octanol–water partition coefficient (Wildman–Crippen LogP) is 3.17. The van der Waals surface area contributed by atoms with Crippen LogP contribution in [0.3, 0.4) is 0 Å². The molecule has 6 heteroatoms. The highest BCUT2D eigenvalue weighted by atomic mass is 32.2. The number of sulfone groups is 1. The van der Waals surface area contributed by atoms with E-state index >= 15 is 0 Å². The maximum Gasteiger partial charge on any atom is 0.278 e. The third-order valence-corrected chi connectivity index (χ3v) is 4.39. The van der Waals surface area contributed by atoms with Gasteiger partial charge in [0.25, 0.3) is 5.70 Å². The van der Waals surface area contributed by atoms with Crippen molar-refractivity contribution < 1.29 is 13.3 Å². The quantitative estimate of drug-likeness (QED) is 0.493. The van der Waals surface area contributed by atoms with Crippen molar-refractivity contribution in [3.8, 4) is 0 Å². The molecule has 0 aliphatic carbocycles. The normalized spacial score (nSPS) is 12.2. The monoisotopic (exact) mass is 317 g/mol. The van der Waals surface area contributed by atoms with E-state index in [2.05, 4.69) is 0 Å². The Morgan fingerprint density at radius 1 is 1.09 bits per heavy atom. The van der Waals surface area contributed by atoms with Crippen molar-refractivity contribution in [3.63, 3.8) is 0 Å². The van der Waals surface area contributed by atoms with E-state index in [0.717, 1.165) is 11.8 Å². The first-order valence-corrected chi connectivity index (χ1v) is 8.41. The molecule has 0 aromatic heterocycles. The lowest BCUT2D eigenvalue weighted by atomic mass is 10.1. The molecule has 0 radical (unpaired) electrons. The molecule has 0 saturated heterocycles. The topological polar surface area (TPSA) is 77.3 Å². The Kier molecular flexibility index (Phi) is 4.42. The van der Waals surface area contributed by atoms with Gasteiger partial charge in [-0.2, -0.15) is 0 Å². The zero-order valence-electron chi connectivity index (χ0n) is 12.2. The molecule has 2 aromatic carbocycles. The highest BCUT2D eigenvalue weighted by Gasteiger charge is 2.23. The van der Waals surface area contributed by atoms with Crippen LogP contribution in [-0.4, -0.2) is 19.6 Å². The molecule has 22 heavy (non-hydrogen) atoms. The van der Waals surface area contributed by atoms with E-state index in [1.807, 2.05) is 19.1 Å². The Morgan fingerprint density at radius 3 is 2.27 bits per heavy atom. The van der Waals surface area contributed by atoms with Crippen LogP contribution in [0.1, 0.15) is 16.7 Å². The van der Waals surface area contributed by atoms with Crippen LogP contribution in [-0.2, 0) is 9.84 Å². The van der Waals surface area contributed by atoms with E-state index in [4.69, 9.17) is 0 Å². The first kappa shape index (κ1) is 15.9. The molecule has 0 spiro atoms. The number of aryl methyl sites for hydroxylation is 1. The fourth-order valence-electron chi connectivity index (χ4n) is 2.13. The smallest absolute Gasteiger partial charge is 0.258 e. The molecule has 0 N–H and O–H groups in total.